The second-order valence-corrected chi connectivity index (χ2v) is 5.99. The Morgan fingerprint density at radius 2 is 2.00 bits per heavy atom. The van der Waals surface area contributed by atoms with Crippen molar-refractivity contribution in [2.24, 2.45) is 11.3 Å². The molecular weight excluding hydrogens is 196 g/mol. The fraction of sp³-hybridized carbons (Fsp3) is 0.909. The Balaban J connectivity index is 3.94. The third-order valence-corrected chi connectivity index (χ3v) is 3.31. The van der Waals surface area contributed by atoms with Gasteiger partial charge in [-0.3, -0.25) is 4.79 Å². The average Bonchev–Trinajstić information content (AvgIpc) is 2.01. The second kappa shape index (κ2) is 6.33. The van der Waals surface area contributed by atoms with E-state index in [9.17, 15) is 4.79 Å². The van der Waals surface area contributed by atoms with E-state index in [1.54, 1.807) is 0 Å². The van der Waals surface area contributed by atoms with Crippen LogP contribution in [-0.4, -0.2) is 22.6 Å². The fourth-order valence-electron chi connectivity index (χ4n) is 1.46. The smallest absolute Gasteiger partial charge is 0.307 e. The van der Waals surface area contributed by atoms with Gasteiger partial charge in [0.1, 0.15) is 0 Å². The molecule has 0 saturated carbocycles. The number of hydrogen-bond donors (Lipinski definition) is 1. The molecule has 0 aromatic carbocycles. The SMILES string of the molecule is CCSCCCC(C(=O)O)C(C)(C)C. The van der Waals surface area contributed by atoms with Crippen LogP contribution in [0.15, 0.2) is 0 Å². The van der Waals surface area contributed by atoms with Crippen LogP contribution >= 0.6 is 11.8 Å². The van der Waals surface area contributed by atoms with Crippen molar-refractivity contribution in [2.75, 3.05) is 11.5 Å². The van der Waals surface area contributed by atoms with Crippen molar-refractivity contribution < 1.29 is 9.90 Å². The van der Waals surface area contributed by atoms with E-state index in [-0.39, 0.29) is 11.3 Å². The molecule has 2 nitrogen and oxygen atoms in total. The van der Waals surface area contributed by atoms with E-state index >= 15 is 0 Å². The number of aliphatic carboxylic acids is 1. The summed E-state index contributed by atoms with van der Waals surface area (Å²) in [6.07, 6.45) is 1.80. The first-order valence-corrected chi connectivity index (χ1v) is 6.35. The van der Waals surface area contributed by atoms with E-state index in [1.807, 2.05) is 32.5 Å². The normalized spacial score (nSPS) is 14.0. The van der Waals surface area contributed by atoms with Crippen LogP contribution in [0.25, 0.3) is 0 Å². The molecule has 0 spiro atoms. The minimum atomic E-state index is -0.654. The van der Waals surface area contributed by atoms with Crippen molar-refractivity contribution in [3.63, 3.8) is 0 Å². The van der Waals surface area contributed by atoms with E-state index in [0.717, 1.165) is 24.3 Å². The first-order valence-electron chi connectivity index (χ1n) is 5.20. The Morgan fingerprint density at radius 1 is 1.43 bits per heavy atom. The minimum Gasteiger partial charge on any atom is -0.481 e. The Labute approximate surface area is 91.5 Å². The number of hydrogen-bond acceptors (Lipinski definition) is 2. The molecule has 3 heteroatoms. The molecule has 1 atom stereocenters. The van der Waals surface area contributed by atoms with Crippen molar-refractivity contribution >= 4 is 17.7 Å². The molecule has 0 saturated heterocycles. The molecule has 0 bridgehead atoms. The predicted molar refractivity (Wildman–Crippen MR) is 62.8 cm³/mol. The highest BCUT2D eigenvalue weighted by atomic mass is 32.2. The maximum atomic E-state index is 11.0. The van der Waals surface area contributed by atoms with Crippen LogP contribution in [0.1, 0.15) is 40.5 Å². The monoisotopic (exact) mass is 218 g/mol. The van der Waals surface area contributed by atoms with Gasteiger partial charge in [0.2, 0.25) is 0 Å². The highest BCUT2D eigenvalue weighted by Gasteiger charge is 2.30. The van der Waals surface area contributed by atoms with E-state index < -0.39 is 5.97 Å². The van der Waals surface area contributed by atoms with Gasteiger partial charge in [-0.05, 0) is 29.8 Å². The van der Waals surface area contributed by atoms with Crippen molar-refractivity contribution in [3.8, 4) is 0 Å². The highest BCUT2D eigenvalue weighted by Crippen LogP contribution is 2.30. The first kappa shape index (κ1) is 13.8. The molecule has 0 heterocycles. The molecule has 0 aliphatic heterocycles. The summed E-state index contributed by atoms with van der Waals surface area (Å²) in [5.41, 5.74) is -0.122. The molecule has 84 valence electrons. The van der Waals surface area contributed by atoms with Crippen LogP contribution in [0.3, 0.4) is 0 Å². The molecule has 0 radical (unpaired) electrons. The Morgan fingerprint density at radius 3 is 2.36 bits per heavy atom. The lowest BCUT2D eigenvalue weighted by atomic mass is 9.78. The fourth-order valence-corrected chi connectivity index (χ4v) is 2.12. The maximum absolute atomic E-state index is 11.0. The zero-order valence-electron chi connectivity index (χ0n) is 9.67. The number of thioether (sulfide) groups is 1. The van der Waals surface area contributed by atoms with Gasteiger partial charge in [0.25, 0.3) is 0 Å². The highest BCUT2D eigenvalue weighted by molar-refractivity contribution is 7.99. The first-order chi connectivity index (χ1) is 6.39. The molecule has 0 aromatic rings. The van der Waals surface area contributed by atoms with Crippen LogP contribution in [0.4, 0.5) is 0 Å². The largest absolute Gasteiger partial charge is 0.481 e. The molecular formula is C11H22O2S. The lowest BCUT2D eigenvalue weighted by Gasteiger charge is -2.26. The summed E-state index contributed by atoms with van der Waals surface area (Å²) >= 11 is 1.88. The van der Waals surface area contributed by atoms with Crippen LogP contribution in [0.5, 0.6) is 0 Å². The molecule has 14 heavy (non-hydrogen) atoms. The van der Waals surface area contributed by atoms with Gasteiger partial charge in [-0.25, -0.2) is 0 Å². The van der Waals surface area contributed by atoms with Crippen molar-refractivity contribution in [1.29, 1.82) is 0 Å². The zero-order valence-corrected chi connectivity index (χ0v) is 10.5. The maximum Gasteiger partial charge on any atom is 0.307 e. The number of carboxylic acids is 1. The van der Waals surface area contributed by atoms with Crippen molar-refractivity contribution in [3.05, 3.63) is 0 Å². The van der Waals surface area contributed by atoms with Crippen LogP contribution < -0.4 is 0 Å². The average molecular weight is 218 g/mol. The molecule has 0 aromatic heterocycles. The predicted octanol–water partition coefficient (Wildman–Crippen LogP) is 3.27. The minimum absolute atomic E-state index is 0.122. The van der Waals surface area contributed by atoms with Gasteiger partial charge in [0, 0.05) is 0 Å². The summed E-state index contributed by atoms with van der Waals surface area (Å²) < 4.78 is 0. The number of rotatable bonds is 6. The third-order valence-electron chi connectivity index (χ3n) is 2.33. The quantitative estimate of drug-likeness (QED) is 0.695. The summed E-state index contributed by atoms with van der Waals surface area (Å²) in [5.74, 6) is 1.34. The van der Waals surface area contributed by atoms with Crippen molar-refractivity contribution in [1.82, 2.24) is 0 Å². The van der Waals surface area contributed by atoms with E-state index in [2.05, 4.69) is 6.92 Å². The van der Waals surface area contributed by atoms with Gasteiger partial charge in [0.15, 0.2) is 0 Å². The lowest BCUT2D eigenvalue weighted by Crippen LogP contribution is -2.28. The topological polar surface area (TPSA) is 37.3 Å². The van der Waals surface area contributed by atoms with Gasteiger partial charge in [0.05, 0.1) is 5.92 Å². The van der Waals surface area contributed by atoms with Crippen LogP contribution in [0, 0.1) is 11.3 Å². The van der Waals surface area contributed by atoms with Gasteiger partial charge in [-0.1, -0.05) is 27.7 Å². The molecule has 1 N–H and O–H groups in total. The lowest BCUT2D eigenvalue weighted by molar-refractivity contribution is -0.145. The summed E-state index contributed by atoms with van der Waals surface area (Å²) in [6, 6.07) is 0. The van der Waals surface area contributed by atoms with E-state index in [4.69, 9.17) is 5.11 Å². The number of carboxylic acid groups (broad SMARTS) is 1. The van der Waals surface area contributed by atoms with Crippen LogP contribution in [0.2, 0.25) is 0 Å². The summed E-state index contributed by atoms with van der Waals surface area (Å²) in [7, 11) is 0. The summed E-state index contributed by atoms with van der Waals surface area (Å²) in [5, 5.41) is 9.06. The van der Waals surface area contributed by atoms with Crippen molar-refractivity contribution in [2.45, 2.75) is 40.5 Å². The Bertz CT molecular complexity index is 173. The molecule has 0 rings (SSSR count). The van der Waals surface area contributed by atoms with Crippen LogP contribution in [-0.2, 0) is 4.79 Å². The third kappa shape index (κ3) is 5.53. The summed E-state index contributed by atoms with van der Waals surface area (Å²) in [4.78, 5) is 11.0. The Hall–Kier alpha value is -0.180. The molecule has 0 fully saturated rings. The zero-order chi connectivity index (χ0) is 11.2. The molecule has 0 aliphatic rings. The Kier molecular flexibility index (Phi) is 6.25. The van der Waals surface area contributed by atoms with Gasteiger partial charge < -0.3 is 5.11 Å². The second-order valence-electron chi connectivity index (χ2n) is 4.60. The molecule has 0 amide bonds. The standard InChI is InChI=1S/C11H22O2S/c1-5-14-8-6-7-9(10(12)13)11(2,3)4/h9H,5-8H2,1-4H3,(H,12,13). The van der Waals surface area contributed by atoms with E-state index in [0.29, 0.717) is 0 Å². The molecule has 1 unspecified atom stereocenters. The van der Waals surface area contributed by atoms with E-state index in [1.165, 1.54) is 0 Å². The molecule has 0 aliphatic carbocycles. The van der Waals surface area contributed by atoms with Gasteiger partial charge in [-0.15, -0.1) is 0 Å². The number of carbonyl (C=O) groups is 1. The van der Waals surface area contributed by atoms with Gasteiger partial charge >= 0.3 is 5.97 Å². The van der Waals surface area contributed by atoms with Gasteiger partial charge in [-0.2, -0.15) is 11.8 Å². The summed E-state index contributed by atoms with van der Waals surface area (Å²) in [6.45, 7) is 8.12.